The molecule has 1 N–H and O–H groups in total. The number of hydrogen-bond donors (Lipinski definition) is 1. The number of carbonyl (C=O) groups excluding carboxylic acids is 1. The van der Waals surface area contributed by atoms with Crippen LogP contribution in [-0.2, 0) is 16.1 Å². The first-order chi connectivity index (χ1) is 8.56. The van der Waals surface area contributed by atoms with Crippen molar-refractivity contribution in [2.45, 2.75) is 18.3 Å². The number of nitrogens with zero attached hydrogens (tertiary/aromatic N) is 1. The summed E-state index contributed by atoms with van der Waals surface area (Å²) in [7, 11) is 2.99. The van der Waals surface area contributed by atoms with E-state index in [4.69, 9.17) is 4.74 Å². The molecule has 0 bridgehead atoms. The molecule has 0 amide bonds. The fourth-order valence-electron chi connectivity index (χ4n) is 1.45. The summed E-state index contributed by atoms with van der Waals surface area (Å²) in [5.41, 5.74) is 1.77. The van der Waals surface area contributed by atoms with Gasteiger partial charge in [0.2, 0.25) is 0 Å². The van der Waals surface area contributed by atoms with Gasteiger partial charge in [-0.2, -0.15) is 0 Å². The summed E-state index contributed by atoms with van der Waals surface area (Å²) >= 11 is 3.24. The van der Waals surface area contributed by atoms with Gasteiger partial charge in [0.05, 0.1) is 19.9 Å². The Bertz CT molecular complexity index is 412. The number of carbonyl (C=O) groups is 1. The van der Waals surface area contributed by atoms with Crippen molar-refractivity contribution < 1.29 is 14.3 Å². The molecule has 6 heteroatoms. The van der Waals surface area contributed by atoms with Gasteiger partial charge in [-0.05, 0) is 6.92 Å². The SMILES string of the molecule is COC(=O)C(Br)CNCc1cc(OC)cc(C)n1. The standard InChI is InChI=1S/C12H17BrN2O3/c1-8-4-10(17-2)5-9(15-8)6-14-7-11(13)12(16)18-3/h4-5,11,14H,6-7H2,1-3H3. The molecule has 1 heterocycles. The van der Waals surface area contributed by atoms with E-state index in [0.29, 0.717) is 13.1 Å². The van der Waals surface area contributed by atoms with Gasteiger partial charge in [0, 0.05) is 30.9 Å². The smallest absolute Gasteiger partial charge is 0.320 e. The molecule has 1 atom stereocenters. The third-order valence-electron chi connectivity index (χ3n) is 2.30. The van der Waals surface area contributed by atoms with E-state index < -0.39 is 0 Å². The number of methoxy groups -OCH3 is 2. The minimum atomic E-state index is -0.353. The zero-order valence-corrected chi connectivity index (χ0v) is 12.3. The number of alkyl halides is 1. The van der Waals surface area contributed by atoms with Crippen molar-refractivity contribution in [3.05, 3.63) is 23.5 Å². The van der Waals surface area contributed by atoms with Crippen LogP contribution in [0.4, 0.5) is 0 Å². The van der Waals surface area contributed by atoms with Crippen LogP contribution in [0.1, 0.15) is 11.4 Å². The normalized spacial score (nSPS) is 12.0. The van der Waals surface area contributed by atoms with Crippen LogP contribution in [-0.4, -0.2) is 36.5 Å². The zero-order chi connectivity index (χ0) is 13.5. The molecule has 5 nitrogen and oxygen atoms in total. The molecule has 0 radical (unpaired) electrons. The minimum Gasteiger partial charge on any atom is -0.497 e. The maximum atomic E-state index is 11.2. The number of pyridine rings is 1. The third kappa shape index (κ3) is 4.62. The second-order valence-corrected chi connectivity index (χ2v) is 4.87. The molecule has 1 rings (SSSR count). The summed E-state index contributed by atoms with van der Waals surface area (Å²) in [4.78, 5) is 15.2. The van der Waals surface area contributed by atoms with Crippen molar-refractivity contribution in [1.29, 1.82) is 0 Å². The Morgan fingerprint density at radius 1 is 1.50 bits per heavy atom. The van der Waals surface area contributed by atoms with Crippen LogP contribution in [0.2, 0.25) is 0 Å². The van der Waals surface area contributed by atoms with E-state index in [9.17, 15) is 4.79 Å². The highest BCUT2D eigenvalue weighted by Crippen LogP contribution is 2.13. The number of nitrogens with one attached hydrogen (secondary N) is 1. The van der Waals surface area contributed by atoms with Crippen LogP contribution in [0.25, 0.3) is 0 Å². The summed E-state index contributed by atoms with van der Waals surface area (Å²) in [5, 5.41) is 3.13. The van der Waals surface area contributed by atoms with Crippen molar-refractivity contribution >= 4 is 21.9 Å². The summed E-state index contributed by atoms with van der Waals surface area (Å²) in [6.07, 6.45) is 0. The van der Waals surface area contributed by atoms with E-state index in [1.807, 2.05) is 19.1 Å². The molecule has 0 fully saturated rings. The fourth-order valence-corrected chi connectivity index (χ4v) is 1.87. The molecule has 1 unspecified atom stereocenters. The summed E-state index contributed by atoms with van der Waals surface area (Å²) < 4.78 is 9.78. The maximum absolute atomic E-state index is 11.2. The highest BCUT2D eigenvalue weighted by molar-refractivity contribution is 9.10. The number of hydrogen-bond acceptors (Lipinski definition) is 5. The monoisotopic (exact) mass is 316 g/mol. The van der Waals surface area contributed by atoms with Gasteiger partial charge in [0.15, 0.2) is 0 Å². The molecule has 0 saturated carbocycles. The van der Waals surface area contributed by atoms with E-state index in [1.54, 1.807) is 7.11 Å². The van der Waals surface area contributed by atoms with Gasteiger partial charge in [-0.25, -0.2) is 0 Å². The van der Waals surface area contributed by atoms with Crippen molar-refractivity contribution in [3.8, 4) is 5.75 Å². The summed E-state index contributed by atoms with van der Waals surface area (Å²) in [6.45, 7) is 2.95. The molecule has 0 saturated heterocycles. The van der Waals surface area contributed by atoms with Crippen LogP contribution in [0.5, 0.6) is 5.75 Å². The van der Waals surface area contributed by atoms with E-state index >= 15 is 0 Å². The van der Waals surface area contributed by atoms with E-state index in [2.05, 4.69) is 31.0 Å². The molecule has 1 aromatic rings. The second kappa shape index (κ2) is 7.33. The lowest BCUT2D eigenvalue weighted by atomic mass is 10.3. The average Bonchev–Trinajstić information content (AvgIpc) is 2.36. The van der Waals surface area contributed by atoms with Crippen LogP contribution < -0.4 is 10.1 Å². The number of rotatable bonds is 6. The molecule has 100 valence electrons. The molecular formula is C12H17BrN2O3. The number of ether oxygens (including phenoxy) is 2. The van der Waals surface area contributed by atoms with Gasteiger partial charge in [0.25, 0.3) is 0 Å². The Morgan fingerprint density at radius 2 is 2.22 bits per heavy atom. The fraction of sp³-hybridized carbons (Fsp3) is 0.500. The number of aryl methyl sites for hydroxylation is 1. The molecule has 0 aliphatic heterocycles. The quantitative estimate of drug-likeness (QED) is 0.635. The zero-order valence-electron chi connectivity index (χ0n) is 10.7. The van der Waals surface area contributed by atoms with Gasteiger partial charge in [-0.15, -0.1) is 0 Å². The van der Waals surface area contributed by atoms with Crippen molar-refractivity contribution in [2.75, 3.05) is 20.8 Å². The summed E-state index contributed by atoms with van der Waals surface area (Å²) in [6, 6.07) is 3.73. The van der Waals surface area contributed by atoms with E-state index in [1.165, 1.54) is 7.11 Å². The topological polar surface area (TPSA) is 60.5 Å². The van der Waals surface area contributed by atoms with E-state index in [-0.39, 0.29) is 10.8 Å². The van der Waals surface area contributed by atoms with Crippen LogP contribution in [0, 0.1) is 6.92 Å². The van der Waals surface area contributed by atoms with Gasteiger partial charge < -0.3 is 14.8 Å². The molecular weight excluding hydrogens is 300 g/mol. The molecule has 0 spiro atoms. The van der Waals surface area contributed by atoms with Crippen LogP contribution in [0.3, 0.4) is 0 Å². The van der Waals surface area contributed by atoms with Crippen LogP contribution in [0.15, 0.2) is 12.1 Å². The predicted molar refractivity (Wildman–Crippen MR) is 72.0 cm³/mol. The lowest BCUT2D eigenvalue weighted by Crippen LogP contribution is -2.29. The first-order valence-corrected chi connectivity index (χ1v) is 6.42. The number of aromatic nitrogens is 1. The van der Waals surface area contributed by atoms with Gasteiger partial charge in [-0.3, -0.25) is 9.78 Å². The second-order valence-electron chi connectivity index (χ2n) is 3.76. The van der Waals surface area contributed by atoms with E-state index in [0.717, 1.165) is 17.1 Å². The molecule has 18 heavy (non-hydrogen) atoms. The van der Waals surface area contributed by atoms with Crippen molar-refractivity contribution in [2.24, 2.45) is 0 Å². The minimum absolute atomic E-state index is 0.294. The molecule has 0 aromatic carbocycles. The third-order valence-corrected chi connectivity index (χ3v) is 3.00. The highest BCUT2D eigenvalue weighted by Gasteiger charge is 2.14. The first kappa shape index (κ1) is 14.9. The first-order valence-electron chi connectivity index (χ1n) is 5.51. The average molecular weight is 317 g/mol. The number of halogens is 1. The number of esters is 1. The molecule has 0 aliphatic rings. The largest absolute Gasteiger partial charge is 0.497 e. The maximum Gasteiger partial charge on any atom is 0.320 e. The lowest BCUT2D eigenvalue weighted by molar-refractivity contribution is -0.139. The Kier molecular flexibility index (Phi) is 6.07. The Hall–Kier alpha value is -1.14. The lowest BCUT2D eigenvalue weighted by Gasteiger charge is -2.10. The summed E-state index contributed by atoms with van der Waals surface area (Å²) in [5.74, 6) is 0.486. The van der Waals surface area contributed by atoms with Crippen molar-refractivity contribution in [1.82, 2.24) is 10.3 Å². The molecule has 1 aromatic heterocycles. The predicted octanol–water partition coefficient (Wildman–Crippen LogP) is 1.42. The Labute approximate surface area is 115 Å². The molecule has 0 aliphatic carbocycles. The van der Waals surface area contributed by atoms with Crippen LogP contribution >= 0.6 is 15.9 Å². The van der Waals surface area contributed by atoms with Gasteiger partial charge in [0.1, 0.15) is 10.6 Å². The Balaban J connectivity index is 2.48. The highest BCUT2D eigenvalue weighted by atomic mass is 79.9. The van der Waals surface area contributed by atoms with Gasteiger partial charge >= 0.3 is 5.97 Å². The Morgan fingerprint density at radius 3 is 2.83 bits per heavy atom. The van der Waals surface area contributed by atoms with Gasteiger partial charge in [-0.1, -0.05) is 15.9 Å². The van der Waals surface area contributed by atoms with Crippen molar-refractivity contribution in [3.63, 3.8) is 0 Å².